The Hall–Kier alpha value is -1.52. The first-order valence-electron chi connectivity index (χ1n) is 8.31. The van der Waals surface area contributed by atoms with Gasteiger partial charge < -0.3 is 10.2 Å². The van der Waals surface area contributed by atoms with E-state index in [0.717, 1.165) is 32.4 Å². The van der Waals surface area contributed by atoms with E-state index in [1.165, 1.54) is 43.4 Å². The molecular formula is C16H24N4O. The van der Waals surface area contributed by atoms with Crippen molar-refractivity contribution in [3.63, 3.8) is 0 Å². The minimum atomic E-state index is 0.140. The van der Waals surface area contributed by atoms with Crippen LogP contribution in [0.25, 0.3) is 0 Å². The van der Waals surface area contributed by atoms with Crippen molar-refractivity contribution in [1.82, 2.24) is 20.4 Å². The normalized spacial score (nSPS) is 27.0. The number of amides is 2. The lowest BCUT2D eigenvalue weighted by Crippen LogP contribution is -2.52. The topological polar surface area (TPSA) is 61.0 Å². The maximum atomic E-state index is 12.4. The van der Waals surface area contributed by atoms with Crippen LogP contribution in [0.2, 0.25) is 0 Å². The lowest BCUT2D eigenvalue weighted by Gasteiger charge is -2.48. The molecule has 1 unspecified atom stereocenters. The fourth-order valence-electron chi connectivity index (χ4n) is 4.17. The highest BCUT2D eigenvalue weighted by Gasteiger charge is 2.40. The Labute approximate surface area is 125 Å². The number of aromatic amines is 1. The van der Waals surface area contributed by atoms with Crippen LogP contribution in [-0.2, 0) is 12.8 Å². The van der Waals surface area contributed by atoms with Gasteiger partial charge >= 0.3 is 6.03 Å². The number of carbonyl (C=O) groups excluding carboxylic acids is 1. The summed E-state index contributed by atoms with van der Waals surface area (Å²) in [5.41, 5.74) is 3.11. The summed E-state index contributed by atoms with van der Waals surface area (Å²) in [7, 11) is 0. The predicted octanol–water partition coefficient (Wildman–Crippen LogP) is 2.24. The van der Waals surface area contributed by atoms with Gasteiger partial charge in [-0.1, -0.05) is 6.42 Å². The van der Waals surface area contributed by atoms with Crippen molar-refractivity contribution in [2.24, 2.45) is 5.41 Å². The molecule has 3 aliphatic rings. The first kappa shape index (κ1) is 13.2. The largest absolute Gasteiger partial charge is 0.335 e. The van der Waals surface area contributed by atoms with E-state index in [1.54, 1.807) is 0 Å². The standard InChI is InChI=1S/C16H24N4O/c21-15(20-8-6-16(7-9-20)4-1-5-16)18-13-2-3-14-12(10-13)11-17-19-14/h11,13H,1-10H2,(H,17,19)(H,18,21). The molecule has 2 fully saturated rings. The highest BCUT2D eigenvalue weighted by atomic mass is 16.2. The monoisotopic (exact) mass is 288 g/mol. The number of nitrogens with zero attached hydrogens (tertiary/aromatic N) is 2. The second-order valence-corrected chi connectivity index (χ2v) is 7.10. The van der Waals surface area contributed by atoms with Crippen molar-refractivity contribution < 1.29 is 4.79 Å². The zero-order valence-corrected chi connectivity index (χ0v) is 12.5. The molecule has 1 aliphatic heterocycles. The average Bonchev–Trinajstić information content (AvgIpc) is 2.93. The Balaban J connectivity index is 1.30. The number of hydrogen-bond donors (Lipinski definition) is 2. The second-order valence-electron chi connectivity index (χ2n) is 7.10. The fraction of sp³-hybridized carbons (Fsp3) is 0.750. The lowest BCUT2D eigenvalue weighted by molar-refractivity contribution is 0.0457. The van der Waals surface area contributed by atoms with Crippen molar-refractivity contribution in [3.8, 4) is 0 Å². The predicted molar refractivity (Wildman–Crippen MR) is 80.0 cm³/mol. The van der Waals surface area contributed by atoms with Gasteiger partial charge in [0.15, 0.2) is 0 Å². The third-order valence-corrected chi connectivity index (χ3v) is 5.87. The third kappa shape index (κ3) is 2.43. The molecule has 4 rings (SSSR count). The number of piperidine rings is 1. The van der Waals surface area contributed by atoms with Gasteiger partial charge in [-0.25, -0.2) is 4.79 Å². The van der Waals surface area contributed by atoms with E-state index < -0.39 is 0 Å². The summed E-state index contributed by atoms with van der Waals surface area (Å²) in [4.78, 5) is 14.4. The summed E-state index contributed by atoms with van der Waals surface area (Å²) in [6, 6.07) is 0.406. The van der Waals surface area contributed by atoms with Gasteiger partial charge in [0.05, 0.1) is 6.20 Å². The summed E-state index contributed by atoms with van der Waals surface area (Å²) in [6.07, 6.45) is 11.4. The molecule has 0 radical (unpaired) electrons. The van der Waals surface area contributed by atoms with E-state index in [9.17, 15) is 4.79 Å². The minimum Gasteiger partial charge on any atom is -0.335 e. The first-order chi connectivity index (χ1) is 10.2. The molecule has 2 aliphatic carbocycles. The summed E-state index contributed by atoms with van der Waals surface area (Å²) in [6.45, 7) is 1.88. The Bertz CT molecular complexity index is 524. The van der Waals surface area contributed by atoms with Gasteiger partial charge in [0.1, 0.15) is 0 Å². The molecule has 0 bridgehead atoms. The maximum absolute atomic E-state index is 12.4. The number of nitrogens with one attached hydrogen (secondary N) is 2. The second kappa shape index (κ2) is 5.04. The molecule has 114 valence electrons. The van der Waals surface area contributed by atoms with Gasteiger partial charge in [-0.2, -0.15) is 5.10 Å². The van der Waals surface area contributed by atoms with E-state index >= 15 is 0 Å². The van der Waals surface area contributed by atoms with Crippen molar-refractivity contribution in [2.45, 2.75) is 57.4 Å². The quantitative estimate of drug-likeness (QED) is 0.832. The first-order valence-corrected chi connectivity index (χ1v) is 8.31. The highest BCUT2D eigenvalue weighted by molar-refractivity contribution is 5.74. The molecule has 1 saturated carbocycles. The number of hydrogen-bond acceptors (Lipinski definition) is 2. The molecule has 5 heteroatoms. The van der Waals surface area contributed by atoms with Gasteiger partial charge in [-0.05, 0) is 55.9 Å². The van der Waals surface area contributed by atoms with Gasteiger partial charge in [0.25, 0.3) is 0 Å². The summed E-state index contributed by atoms with van der Waals surface area (Å²) < 4.78 is 0. The Morgan fingerprint density at radius 1 is 1.33 bits per heavy atom. The molecule has 1 aromatic rings. The van der Waals surface area contributed by atoms with Crippen molar-refractivity contribution in [2.75, 3.05) is 13.1 Å². The Kier molecular flexibility index (Phi) is 3.16. The number of aryl methyl sites for hydroxylation is 1. The van der Waals surface area contributed by atoms with E-state index in [0.29, 0.717) is 5.41 Å². The van der Waals surface area contributed by atoms with Crippen LogP contribution in [0.15, 0.2) is 6.20 Å². The third-order valence-electron chi connectivity index (χ3n) is 5.87. The van der Waals surface area contributed by atoms with Crippen molar-refractivity contribution in [3.05, 3.63) is 17.5 Å². The molecule has 2 N–H and O–H groups in total. The Morgan fingerprint density at radius 2 is 2.14 bits per heavy atom. The molecule has 1 saturated heterocycles. The summed E-state index contributed by atoms with van der Waals surface area (Å²) in [5, 5.41) is 10.4. The van der Waals surface area contributed by atoms with Crippen LogP contribution in [-0.4, -0.2) is 40.3 Å². The van der Waals surface area contributed by atoms with Crippen LogP contribution >= 0.6 is 0 Å². The molecular weight excluding hydrogens is 264 g/mol. The summed E-state index contributed by atoms with van der Waals surface area (Å²) in [5.74, 6) is 0. The fourth-order valence-corrected chi connectivity index (χ4v) is 4.17. The molecule has 5 nitrogen and oxygen atoms in total. The van der Waals surface area contributed by atoms with Crippen molar-refractivity contribution >= 4 is 6.03 Å². The number of carbonyl (C=O) groups is 1. The number of H-pyrrole nitrogens is 1. The molecule has 1 aromatic heterocycles. The van der Waals surface area contributed by atoms with Crippen molar-refractivity contribution in [1.29, 1.82) is 0 Å². The Morgan fingerprint density at radius 3 is 2.86 bits per heavy atom. The van der Waals surface area contributed by atoms with Gasteiger partial charge in [0.2, 0.25) is 0 Å². The zero-order chi connectivity index (χ0) is 14.3. The minimum absolute atomic E-state index is 0.140. The van der Waals surface area contributed by atoms with Gasteiger partial charge in [0, 0.05) is 24.8 Å². The zero-order valence-electron chi connectivity index (χ0n) is 12.5. The molecule has 2 heterocycles. The maximum Gasteiger partial charge on any atom is 0.317 e. The SMILES string of the molecule is O=C(NC1CCc2[nH]ncc2C1)N1CCC2(CCC2)CC1. The number of fused-ring (bicyclic) bond motifs is 1. The molecule has 1 spiro atoms. The van der Waals surface area contributed by atoms with Crippen LogP contribution in [0.3, 0.4) is 0 Å². The summed E-state index contributed by atoms with van der Waals surface area (Å²) >= 11 is 0. The van der Waals surface area contributed by atoms with Crippen LogP contribution in [0.4, 0.5) is 4.79 Å². The van der Waals surface area contributed by atoms with Crippen LogP contribution in [0.1, 0.15) is 49.8 Å². The van der Waals surface area contributed by atoms with E-state index in [4.69, 9.17) is 0 Å². The smallest absolute Gasteiger partial charge is 0.317 e. The highest BCUT2D eigenvalue weighted by Crippen LogP contribution is 2.48. The average molecular weight is 288 g/mol. The van der Waals surface area contributed by atoms with E-state index in [1.807, 2.05) is 11.1 Å². The van der Waals surface area contributed by atoms with Gasteiger partial charge in [-0.15, -0.1) is 0 Å². The van der Waals surface area contributed by atoms with E-state index in [2.05, 4.69) is 15.5 Å². The van der Waals surface area contributed by atoms with Gasteiger partial charge in [-0.3, -0.25) is 5.10 Å². The number of urea groups is 1. The lowest BCUT2D eigenvalue weighted by atomic mass is 9.63. The van der Waals surface area contributed by atoms with Crippen LogP contribution < -0.4 is 5.32 Å². The van der Waals surface area contributed by atoms with Crippen LogP contribution in [0, 0.1) is 5.41 Å². The molecule has 1 atom stereocenters. The van der Waals surface area contributed by atoms with E-state index in [-0.39, 0.29) is 12.1 Å². The number of rotatable bonds is 1. The number of aromatic nitrogens is 2. The molecule has 2 amide bonds. The molecule has 0 aromatic carbocycles. The molecule has 21 heavy (non-hydrogen) atoms. The number of likely N-dealkylation sites (tertiary alicyclic amines) is 1. The van der Waals surface area contributed by atoms with Crippen LogP contribution in [0.5, 0.6) is 0 Å².